The minimum Gasteiger partial charge on any atom is -0.392 e. The fourth-order valence-electron chi connectivity index (χ4n) is 2.23. The third kappa shape index (κ3) is 4.06. The molecule has 0 amide bonds. The van der Waals surface area contributed by atoms with E-state index >= 15 is 0 Å². The first kappa shape index (κ1) is 17.4. The highest BCUT2D eigenvalue weighted by molar-refractivity contribution is 8.01. The average Bonchev–Trinajstić information content (AvgIpc) is 2.86. The molecule has 21 heavy (non-hydrogen) atoms. The topological polar surface area (TPSA) is 66.4 Å². The van der Waals surface area contributed by atoms with Crippen molar-refractivity contribution in [3.05, 3.63) is 27.7 Å². The predicted molar refractivity (Wildman–Crippen MR) is 87.7 cm³/mol. The van der Waals surface area contributed by atoms with E-state index in [2.05, 4.69) is 4.72 Å². The van der Waals surface area contributed by atoms with Crippen molar-refractivity contribution in [2.24, 2.45) is 0 Å². The van der Waals surface area contributed by atoms with Crippen LogP contribution in [-0.4, -0.2) is 30.6 Å². The lowest BCUT2D eigenvalue weighted by molar-refractivity contribution is 0.281. The maximum atomic E-state index is 12.4. The highest BCUT2D eigenvalue weighted by atomic mass is 35.5. The van der Waals surface area contributed by atoms with Gasteiger partial charge < -0.3 is 5.11 Å². The maximum Gasteiger partial charge on any atom is 0.242 e. The zero-order chi connectivity index (χ0) is 15.7. The van der Waals surface area contributed by atoms with Gasteiger partial charge in [0.15, 0.2) is 0 Å². The molecule has 1 heterocycles. The summed E-state index contributed by atoms with van der Waals surface area (Å²) in [5.74, 6) is 1.05. The van der Waals surface area contributed by atoms with Crippen molar-refractivity contribution in [1.82, 2.24) is 4.72 Å². The monoisotopic (exact) mass is 369 g/mol. The van der Waals surface area contributed by atoms with Crippen LogP contribution in [-0.2, 0) is 16.6 Å². The lowest BCUT2D eigenvalue weighted by atomic mass is 10.1. The minimum absolute atomic E-state index is 0.0126. The maximum absolute atomic E-state index is 12.4. The number of thioether (sulfide) groups is 1. The Morgan fingerprint density at radius 2 is 2.14 bits per heavy atom. The average molecular weight is 370 g/mol. The van der Waals surface area contributed by atoms with Gasteiger partial charge in [-0.05, 0) is 43.2 Å². The van der Waals surface area contributed by atoms with E-state index in [0.29, 0.717) is 12.1 Å². The highest BCUT2D eigenvalue weighted by Gasteiger charge is 2.31. The van der Waals surface area contributed by atoms with Crippen LogP contribution in [0.1, 0.15) is 25.3 Å². The molecule has 8 heteroatoms. The van der Waals surface area contributed by atoms with Crippen molar-refractivity contribution in [2.45, 2.75) is 36.0 Å². The van der Waals surface area contributed by atoms with Gasteiger partial charge in [-0.15, -0.1) is 0 Å². The molecule has 0 saturated carbocycles. The Morgan fingerprint density at radius 1 is 1.43 bits per heavy atom. The molecule has 0 aromatic heterocycles. The summed E-state index contributed by atoms with van der Waals surface area (Å²) in [6, 6.07) is 2.76. The molecular formula is C13H17Cl2NO3S2. The van der Waals surface area contributed by atoms with Crippen LogP contribution >= 0.6 is 35.0 Å². The molecule has 0 bridgehead atoms. The Hall–Kier alpha value is 0.0200. The van der Waals surface area contributed by atoms with Crippen LogP contribution < -0.4 is 4.72 Å². The van der Waals surface area contributed by atoms with E-state index < -0.39 is 10.0 Å². The van der Waals surface area contributed by atoms with Crippen molar-refractivity contribution < 1.29 is 13.5 Å². The lowest BCUT2D eigenvalue weighted by Gasteiger charge is -2.23. The summed E-state index contributed by atoms with van der Waals surface area (Å²) in [4.78, 5) is -0.0905. The van der Waals surface area contributed by atoms with E-state index in [1.807, 2.05) is 6.92 Å². The van der Waals surface area contributed by atoms with Crippen molar-refractivity contribution in [1.29, 1.82) is 0 Å². The first-order valence-corrected chi connectivity index (χ1v) is 9.72. The summed E-state index contributed by atoms with van der Waals surface area (Å²) in [6.45, 7) is 2.03. The van der Waals surface area contributed by atoms with Crippen LogP contribution in [0.5, 0.6) is 0 Å². The Morgan fingerprint density at radius 3 is 2.71 bits per heavy atom. The smallest absolute Gasteiger partial charge is 0.242 e. The number of benzene rings is 1. The molecule has 2 N–H and O–H groups in total. The van der Waals surface area contributed by atoms with Crippen molar-refractivity contribution >= 4 is 45.0 Å². The molecule has 0 radical (unpaired) electrons. The number of rotatable bonds is 5. The van der Waals surface area contributed by atoms with E-state index in [4.69, 9.17) is 23.2 Å². The van der Waals surface area contributed by atoms with E-state index in [1.165, 1.54) is 12.1 Å². The molecule has 1 aliphatic heterocycles. The minimum atomic E-state index is -3.76. The van der Waals surface area contributed by atoms with Gasteiger partial charge in [-0.2, -0.15) is 11.8 Å². The molecule has 1 atom stereocenters. The summed E-state index contributed by atoms with van der Waals surface area (Å²) in [5, 5.41) is 9.45. The van der Waals surface area contributed by atoms with E-state index in [0.717, 1.165) is 18.6 Å². The van der Waals surface area contributed by atoms with Crippen LogP contribution in [0.4, 0.5) is 0 Å². The Labute approximate surface area is 139 Å². The number of halogens is 2. The number of aliphatic hydroxyl groups excluding tert-OH is 1. The van der Waals surface area contributed by atoms with Crippen LogP contribution in [0.15, 0.2) is 17.0 Å². The quantitative estimate of drug-likeness (QED) is 0.836. The summed E-state index contributed by atoms with van der Waals surface area (Å²) in [7, 11) is -3.76. The van der Waals surface area contributed by atoms with Crippen LogP contribution in [0.25, 0.3) is 0 Å². The van der Waals surface area contributed by atoms with Gasteiger partial charge in [0.25, 0.3) is 0 Å². The Balaban J connectivity index is 2.25. The third-order valence-electron chi connectivity index (χ3n) is 3.48. The second-order valence-corrected chi connectivity index (χ2v) is 9.49. The second kappa shape index (κ2) is 6.64. The normalized spacial score (nSPS) is 22.7. The molecule has 1 aromatic carbocycles. The molecule has 1 saturated heterocycles. The zero-order valence-electron chi connectivity index (χ0n) is 11.5. The summed E-state index contributed by atoms with van der Waals surface area (Å²) >= 11 is 13.7. The molecule has 2 rings (SSSR count). The molecule has 1 aromatic rings. The molecule has 1 unspecified atom stereocenters. The summed E-state index contributed by atoms with van der Waals surface area (Å²) < 4.78 is 27.4. The van der Waals surface area contributed by atoms with Crippen LogP contribution in [0.3, 0.4) is 0 Å². The molecular weight excluding hydrogens is 353 g/mol. The largest absolute Gasteiger partial charge is 0.392 e. The molecule has 0 spiro atoms. The van der Waals surface area contributed by atoms with Gasteiger partial charge in [0.1, 0.15) is 4.90 Å². The van der Waals surface area contributed by atoms with E-state index in [-0.39, 0.29) is 26.3 Å². The van der Waals surface area contributed by atoms with Gasteiger partial charge >= 0.3 is 0 Å². The van der Waals surface area contributed by atoms with Gasteiger partial charge in [-0.3, -0.25) is 0 Å². The first-order valence-electron chi connectivity index (χ1n) is 6.50. The van der Waals surface area contributed by atoms with Gasteiger partial charge in [0, 0.05) is 16.3 Å². The summed E-state index contributed by atoms with van der Waals surface area (Å²) in [5.41, 5.74) is 0.297. The van der Waals surface area contributed by atoms with Gasteiger partial charge in [0.2, 0.25) is 10.0 Å². The standard InChI is InChI=1S/C13H17Cl2NO3S2/c1-13(3-2-4-20-13)8-16-21(18,19)11-6-10(14)5-9(7-17)12(11)15/h5-6,16-17H,2-4,7-8H2,1H3. The molecule has 118 valence electrons. The Kier molecular flexibility index (Phi) is 5.50. The van der Waals surface area contributed by atoms with E-state index in [1.54, 1.807) is 11.8 Å². The van der Waals surface area contributed by atoms with Crippen LogP contribution in [0.2, 0.25) is 10.0 Å². The number of aliphatic hydroxyl groups is 1. The van der Waals surface area contributed by atoms with Gasteiger partial charge in [-0.25, -0.2) is 13.1 Å². The number of hydrogen-bond acceptors (Lipinski definition) is 4. The number of sulfonamides is 1. The van der Waals surface area contributed by atoms with Gasteiger partial charge in [-0.1, -0.05) is 23.2 Å². The van der Waals surface area contributed by atoms with Gasteiger partial charge in [0.05, 0.1) is 11.6 Å². The Bertz CT molecular complexity index is 629. The number of hydrogen-bond donors (Lipinski definition) is 2. The molecule has 1 aliphatic rings. The van der Waals surface area contributed by atoms with Crippen molar-refractivity contribution in [3.8, 4) is 0 Å². The third-order valence-corrected chi connectivity index (χ3v) is 7.22. The molecule has 1 fully saturated rings. The molecule has 4 nitrogen and oxygen atoms in total. The van der Waals surface area contributed by atoms with Crippen molar-refractivity contribution in [3.63, 3.8) is 0 Å². The second-order valence-electron chi connectivity index (χ2n) is 5.26. The fourth-order valence-corrected chi connectivity index (χ4v) is 5.66. The lowest BCUT2D eigenvalue weighted by Crippen LogP contribution is -2.36. The molecule has 0 aliphatic carbocycles. The van der Waals surface area contributed by atoms with Crippen molar-refractivity contribution in [2.75, 3.05) is 12.3 Å². The van der Waals surface area contributed by atoms with E-state index in [9.17, 15) is 13.5 Å². The van der Waals surface area contributed by atoms with Crippen LogP contribution in [0, 0.1) is 0 Å². The predicted octanol–water partition coefficient (Wildman–Crippen LogP) is 3.05. The highest BCUT2D eigenvalue weighted by Crippen LogP contribution is 2.37. The zero-order valence-corrected chi connectivity index (χ0v) is 14.7. The number of nitrogens with one attached hydrogen (secondary N) is 1. The SMILES string of the molecule is CC1(CNS(=O)(=O)c2cc(Cl)cc(CO)c2Cl)CCCS1. The summed E-state index contributed by atoms with van der Waals surface area (Å²) in [6.07, 6.45) is 2.07. The fraction of sp³-hybridized carbons (Fsp3) is 0.538. The first-order chi connectivity index (χ1) is 9.77.